The minimum atomic E-state index is -5.06. The molecule has 12 heteroatoms. The van der Waals surface area contributed by atoms with Crippen molar-refractivity contribution < 1.29 is 22.7 Å². The molecule has 0 saturated carbocycles. The number of rotatable bonds is 5. The lowest BCUT2D eigenvalue weighted by Gasteiger charge is -2.22. The number of anilines is 3. The van der Waals surface area contributed by atoms with Crippen LogP contribution in [-0.2, 0) is 4.79 Å². The predicted octanol–water partition coefficient (Wildman–Crippen LogP) is 5.67. The zero-order valence-corrected chi connectivity index (χ0v) is 19.0. The van der Waals surface area contributed by atoms with Crippen LogP contribution in [0.2, 0.25) is 5.02 Å². The van der Waals surface area contributed by atoms with Crippen LogP contribution in [0, 0.1) is 15.0 Å². The van der Waals surface area contributed by atoms with Gasteiger partial charge < -0.3 is 15.0 Å². The van der Waals surface area contributed by atoms with Gasteiger partial charge in [-0.05, 0) is 59.0 Å². The van der Waals surface area contributed by atoms with Crippen molar-refractivity contribution in [3.63, 3.8) is 0 Å². The minimum absolute atomic E-state index is 0.0176. The van der Waals surface area contributed by atoms with Crippen LogP contribution >= 0.6 is 34.2 Å². The molecule has 0 aliphatic carbocycles. The van der Waals surface area contributed by atoms with Crippen LogP contribution < -0.4 is 15.0 Å². The summed E-state index contributed by atoms with van der Waals surface area (Å²) in [6.07, 6.45) is -3.91. The fraction of sp³-hybridized carbons (Fsp3) is 0.100. The maximum absolute atomic E-state index is 12.9. The summed E-state index contributed by atoms with van der Waals surface area (Å²) in [5.41, 5.74) is 0.664. The molecule has 0 fully saturated rings. The van der Waals surface area contributed by atoms with Crippen LogP contribution in [-0.4, -0.2) is 29.1 Å². The molecule has 164 valence electrons. The summed E-state index contributed by atoms with van der Waals surface area (Å²) in [5.74, 6) is -1.37. The highest BCUT2D eigenvalue weighted by atomic mass is 127. The van der Waals surface area contributed by atoms with Gasteiger partial charge in [0.25, 0.3) is 0 Å². The second-order valence-electron chi connectivity index (χ2n) is 6.24. The smallest absolute Gasteiger partial charge is 0.456 e. The molecule has 1 amide bonds. The Morgan fingerprint density at radius 2 is 2.00 bits per heavy atom. The highest BCUT2D eigenvalue weighted by molar-refractivity contribution is 14.1. The summed E-state index contributed by atoms with van der Waals surface area (Å²) < 4.78 is 44.5. The summed E-state index contributed by atoms with van der Waals surface area (Å²) in [4.78, 5) is 20.0. The number of carbonyl (C=O) groups is 1. The lowest BCUT2D eigenvalue weighted by atomic mass is 10.2. The Morgan fingerprint density at radius 3 is 2.66 bits per heavy atom. The lowest BCUT2D eigenvalue weighted by molar-refractivity contribution is -0.170. The molecule has 1 heterocycles. The third kappa shape index (κ3) is 5.38. The molecule has 1 N–H and O–H groups in total. The van der Waals surface area contributed by atoms with Crippen molar-refractivity contribution in [2.24, 2.45) is 0 Å². The third-order valence-electron chi connectivity index (χ3n) is 4.05. The maximum Gasteiger partial charge on any atom is 0.471 e. The van der Waals surface area contributed by atoms with E-state index < -0.39 is 12.1 Å². The molecule has 0 aliphatic rings. The van der Waals surface area contributed by atoms with E-state index in [4.69, 9.17) is 21.6 Å². The fourth-order valence-electron chi connectivity index (χ4n) is 2.59. The van der Waals surface area contributed by atoms with Crippen LogP contribution in [0.15, 0.2) is 48.8 Å². The van der Waals surface area contributed by atoms with Crippen LogP contribution in [0.1, 0.15) is 5.56 Å². The highest BCUT2D eigenvalue weighted by Crippen LogP contribution is 2.35. The Labute approximate surface area is 198 Å². The molecule has 0 saturated heterocycles. The molecule has 0 bridgehead atoms. The highest BCUT2D eigenvalue weighted by Gasteiger charge is 2.43. The maximum atomic E-state index is 12.9. The van der Waals surface area contributed by atoms with E-state index in [1.807, 2.05) is 6.07 Å². The SMILES string of the molecule is CN(C(=O)C(F)(F)F)c1c(I)ncnc1Nc1ccc(Oc2cccc(C#N)c2)c(Cl)c1. The monoisotopic (exact) mass is 573 g/mol. The second kappa shape index (κ2) is 9.58. The van der Waals surface area contributed by atoms with E-state index in [2.05, 4.69) is 15.3 Å². The number of hydrogen-bond donors (Lipinski definition) is 1. The Hall–Kier alpha value is -3.11. The number of alkyl halides is 3. The van der Waals surface area contributed by atoms with Gasteiger partial charge in [-0.3, -0.25) is 4.79 Å². The van der Waals surface area contributed by atoms with Gasteiger partial charge in [0.05, 0.1) is 16.7 Å². The molecule has 2 aromatic carbocycles. The first-order chi connectivity index (χ1) is 15.1. The van der Waals surface area contributed by atoms with Crippen LogP contribution in [0.5, 0.6) is 11.5 Å². The molecular weight excluding hydrogens is 562 g/mol. The van der Waals surface area contributed by atoms with E-state index in [1.54, 1.807) is 59.0 Å². The number of nitrogens with zero attached hydrogens (tertiary/aromatic N) is 4. The molecule has 1 aromatic heterocycles. The van der Waals surface area contributed by atoms with E-state index in [9.17, 15) is 18.0 Å². The number of carbonyl (C=O) groups excluding carboxylic acids is 1. The number of benzene rings is 2. The van der Waals surface area contributed by atoms with Crippen molar-refractivity contribution in [2.75, 3.05) is 17.3 Å². The van der Waals surface area contributed by atoms with Gasteiger partial charge >= 0.3 is 12.1 Å². The molecule has 32 heavy (non-hydrogen) atoms. The van der Waals surface area contributed by atoms with Crippen LogP contribution in [0.4, 0.5) is 30.4 Å². The van der Waals surface area contributed by atoms with E-state index in [1.165, 1.54) is 6.07 Å². The van der Waals surface area contributed by atoms with Crippen molar-refractivity contribution in [1.82, 2.24) is 9.97 Å². The van der Waals surface area contributed by atoms with Crippen molar-refractivity contribution in [3.8, 4) is 17.6 Å². The average Bonchev–Trinajstić information content (AvgIpc) is 2.74. The topological polar surface area (TPSA) is 91.1 Å². The molecule has 0 aliphatic heterocycles. The van der Waals surface area contributed by atoms with Gasteiger partial charge in [0.2, 0.25) is 0 Å². The number of aromatic nitrogens is 2. The Balaban J connectivity index is 1.87. The molecule has 3 aromatic rings. The largest absolute Gasteiger partial charge is 0.471 e. The fourth-order valence-corrected chi connectivity index (χ4v) is 3.55. The number of hydrogen-bond acceptors (Lipinski definition) is 6. The number of nitriles is 1. The van der Waals surface area contributed by atoms with Gasteiger partial charge in [-0.1, -0.05) is 17.7 Å². The van der Waals surface area contributed by atoms with E-state index in [-0.39, 0.29) is 20.2 Å². The molecule has 0 spiro atoms. The van der Waals surface area contributed by atoms with Gasteiger partial charge in [-0.2, -0.15) is 18.4 Å². The molecule has 7 nitrogen and oxygen atoms in total. The van der Waals surface area contributed by atoms with Crippen LogP contribution in [0.25, 0.3) is 0 Å². The second-order valence-corrected chi connectivity index (χ2v) is 7.66. The van der Waals surface area contributed by atoms with Crippen molar-refractivity contribution >= 4 is 57.3 Å². The zero-order valence-electron chi connectivity index (χ0n) is 16.1. The van der Waals surface area contributed by atoms with Gasteiger partial charge in [0, 0.05) is 12.7 Å². The molecular formula is C20H12ClF3IN5O2. The number of amides is 1. The molecule has 0 atom stereocenters. The predicted molar refractivity (Wildman–Crippen MR) is 120 cm³/mol. The number of halogens is 5. The summed E-state index contributed by atoms with van der Waals surface area (Å²) in [5, 5.41) is 12.0. The van der Waals surface area contributed by atoms with Gasteiger partial charge in [0.15, 0.2) is 5.82 Å². The standard InChI is InChI=1S/C20H12ClF3IN5O2/c1-30(19(31)20(22,23)24)16-17(25)27-10-28-18(16)29-12-5-6-15(14(21)8-12)32-13-4-2-3-11(7-13)9-26/h2-8,10H,1H3,(H,27,28,29). The Morgan fingerprint density at radius 1 is 1.25 bits per heavy atom. The Bertz CT molecular complexity index is 1220. The molecule has 3 rings (SSSR count). The first-order valence-electron chi connectivity index (χ1n) is 8.70. The normalized spacial score (nSPS) is 10.9. The van der Waals surface area contributed by atoms with Gasteiger partial charge in [0.1, 0.15) is 27.2 Å². The summed E-state index contributed by atoms with van der Waals surface area (Å²) in [6, 6.07) is 13.1. The van der Waals surface area contributed by atoms with Gasteiger partial charge in [-0.15, -0.1) is 0 Å². The van der Waals surface area contributed by atoms with E-state index >= 15 is 0 Å². The van der Waals surface area contributed by atoms with Crippen LogP contribution in [0.3, 0.4) is 0 Å². The van der Waals surface area contributed by atoms with Crippen molar-refractivity contribution in [2.45, 2.75) is 6.18 Å². The van der Waals surface area contributed by atoms with Gasteiger partial charge in [-0.25, -0.2) is 9.97 Å². The summed E-state index contributed by atoms with van der Waals surface area (Å²) in [7, 11) is 0.987. The van der Waals surface area contributed by atoms with Crippen molar-refractivity contribution in [3.05, 3.63) is 63.1 Å². The summed E-state index contributed by atoms with van der Waals surface area (Å²) in [6.45, 7) is 0. The first-order valence-corrected chi connectivity index (χ1v) is 10.2. The third-order valence-corrected chi connectivity index (χ3v) is 5.13. The first kappa shape index (κ1) is 23.6. The molecule has 0 radical (unpaired) electrons. The number of ether oxygens (including phenoxy) is 1. The Kier molecular flexibility index (Phi) is 7.05. The average molecular weight is 574 g/mol. The van der Waals surface area contributed by atoms with E-state index in [0.717, 1.165) is 13.4 Å². The summed E-state index contributed by atoms with van der Waals surface area (Å²) >= 11 is 8.00. The minimum Gasteiger partial charge on any atom is -0.456 e. The number of nitrogens with one attached hydrogen (secondary N) is 1. The zero-order chi connectivity index (χ0) is 23.5. The van der Waals surface area contributed by atoms with E-state index in [0.29, 0.717) is 27.6 Å². The molecule has 0 unspecified atom stereocenters. The van der Waals surface area contributed by atoms with Crippen molar-refractivity contribution in [1.29, 1.82) is 5.26 Å². The lowest BCUT2D eigenvalue weighted by Crippen LogP contribution is -2.39. The quantitative estimate of drug-likeness (QED) is 0.313.